The Morgan fingerprint density at radius 2 is 1.53 bits per heavy atom. The van der Waals surface area contributed by atoms with E-state index < -0.39 is 17.7 Å². The second-order valence-corrected chi connectivity index (χ2v) is 3.38. The summed E-state index contributed by atoms with van der Waals surface area (Å²) in [7, 11) is 2.70. The Bertz CT molecular complexity index is 309. The zero-order valence-electron chi connectivity index (χ0n) is 10.1. The van der Waals surface area contributed by atoms with Gasteiger partial charge in [0.1, 0.15) is 7.11 Å². The lowest BCUT2D eigenvalue weighted by atomic mass is 10.4. The van der Waals surface area contributed by atoms with E-state index in [0.29, 0.717) is 0 Å². The molecule has 0 aromatic heterocycles. The molecule has 0 radical (unpaired) electrons. The van der Waals surface area contributed by atoms with E-state index in [-0.39, 0.29) is 16.4 Å². The lowest BCUT2D eigenvalue weighted by Gasteiger charge is -1.91. The highest BCUT2D eigenvalue weighted by molar-refractivity contribution is 9.09. The third-order valence-electron chi connectivity index (χ3n) is 0.935. The molecule has 0 aromatic carbocycles. The number of carboxylic acid groups (broad SMARTS) is 2. The first-order chi connectivity index (χ1) is 8.81. The molecule has 4 N–H and O–H groups in total. The minimum Gasteiger partial charge on any atom is -0.477 e. The summed E-state index contributed by atoms with van der Waals surface area (Å²) in [5, 5.41) is 19.4. The van der Waals surface area contributed by atoms with Gasteiger partial charge in [0.15, 0.2) is 5.71 Å². The van der Waals surface area contributed by atoms with E-state index in [4.69, 9.17) is 10.2 Å². The molecule has 0 saturated heterocycles. The van der Waals surface area contributed by atoms with E-state index in [1.54, 1.807) is 0 Å². The SMILES string of the molecule is CO/N=C(/CBr)C(=O)O.CON.O=C(O)C(=O)CBr. The van der Waals surface area contributed by atoms with Crippen LogP contribution in [0.1, 0.15) is 0 Å². The topological polar surface area (TPSA) is 149 Å². The molecular formula is C8H14Br2N2O7. The van der Waals surface area contributed by atoms with Gasteiger partial charge in [-0.2, -0.15) is 0 Å². The summed E-state index contributed by atoms with van der Waals surface area (Å²) in [6.07, 6.45) is 0. The minimum absolute atomic E-state index is 0.0440. The van der Waals surface area contributed by atoms with Gasteiger partial charge in [-0.15, -0.1) is 0 Å². The number of nitrogens with two attached hydrogens (primary N) is 1. The smallest absolute Gasteiger partial charge is 0.373 e. The van der Waals surface area contributed by atoms with Gasteiger partial charge < -0.3 is 19.9 Å². The van der Waals surface area contributed by atoms with Crippen molar-refractivity contribution < 1.29 is 34.3 Å². The number of nitrogens with zero attached hydrogens (tertiary/aromatic N) is 1. The molecular weight excluding hydrogens is 396 g/mol. The highest BCUT2D eigenvalue weighted by Gasteiger charge is 2.06. The summed E-state index contributed by atoms with van der Waals surface area (Å²) in [5.74, 6) is 1.06. The molecule has 0 aliphatic carbocycles. The minimum atomic E-state index is -1.39. The molecule has 0 fully saturated rings. The molecule has 0 unspecified atom stereocenters. The second-order valence-electron chi connectivity index (χ2n) is 2.26. The van der Waals surface area contributed by atoms with E-state index in [1.807, 2.05) is 0 Å². The fourth-order valence-corrected chi connectivity index (χ4v) is 0.870. The quantitative estimate of drug-likeness (QED) is 0.249. The average molecular weight is 410 g/mol. The lowest BCUT2D eigenvalue weighted by molar-refractivity contribution is -0.147. The van der Waals surface area contributed by atoms with Crippen molar-refractivity contribution in [3.63, 3.8) is 0 Å². The van der Waals surface area contributed by atoms with Crippen LogP contribution in [0, 0.1) is 0 Å². The summed E-state index contributed by atoms with van der Waals surface area (Å²) in [6.45, 7) is 0. The molecule has 0 amide bonds. The van der Waals surface area contributed by atoms with Crippen LogP contribution in [0.25, 0.3) is 0 Å². The number of aliphatic carboxylic acids is 2. The predicted molar refractivity (Wildman–Crippen MR) is 73.5 cm³/mol. The highest BCUT2D eigenvalue weighted by Crippen LogP contribution is 1.87. The van der Waals surface area contributed by atoms with E-state index in [2.05, 4.69) is 52.6 Å². The van der Waals surface area contributed by atoms with Gasteiger partial charge in [0.05, 0.1) is 17.8 Å². The molecule has 9 nitrogen and oxygen atoms in total. The van der Waals surface area contributed by atoms with Crippen molar-refractivity contribution in [2.75, 3.05) is 24.9 Å². The van der Waals surface area contributed by atoms with E-state index in [0.717, 1.165) is 0 Å². The van der Waals surface area contributed by atoms with Crippen LogP contribution in [0.5, 0.6) is 0 Å². The number of carbonyl (C=O) groups is 3. The number of halogens is 2. The van der Waals surface area contributed by atoms with Crippen molar-refractivity contribution in [2.45, 2.75) is 0 Å². The molecule has 0 aliphatic heterocycles. The van der Waals surface area contributed by atoms with Crippen LogP contribution in [-0.4, -0.2) is 58.5 Å². The van der Waals surface area contributed by atoms with Gasteiger partial charge in [-0.1, -0.05) is 37.0 Å². The first-order valence-electron chi connectivity index (χ1n) is 4.26. The molecule has 0 bridgehead atoms. The third kappa shape index (κ3) is 19.5. The maximum absolute atomic E-state index is 10.1. The Morgan fingerprint density at radius 3 is 1.58 bits per heavy atom. The zero-order chi connectivity index (χ0) is 15.8. The summed E-state index contributed by atoms with van der Waals surface area (Å²) in [4.78, 5) is 37.5. The maximum Gasteiger partial charge on any atom is 0.373 e. The van der Waals surface area contributed by atoms with Crippen LogP contribution in [0.2, 0.25) is 0 Å². The number of alkyl halides is 2. The molecule has 0 heterocycles. The zero-order valence-corrected chi connectivity index (χ0v) is 13.3. The largest absolute Gasteiger partial charge is 0.477 e. The van der Waals surface area contributed by atoms with E-state index >= 15 is 0 Å². The number of rotatable bonds is 5. The normalized spacial score (nSPS) is 9.21. The fourth-order valence-electron chi connectivity index (χ4n) is 0.288. The number of carboxylic acids is 2. The van der Waals surface area contributed by atoms with Gasteiger partial charge in [0.2, 0.25) is 5.78 Å². The Morgan fingerprint density at radius 1 is 1.11 bits per heavy atom. The summed E-state index contributed by atoms with van der Waals surface area (Å²) in [6, 6.07) is 0. The Balaban J connectivity index is -0.000000228. The van der Waals surface area contributed by atoms with Gasteiger partial charge in [-0.05, 0) is 0 Å². The van der Waals surface area contributed by atoms with Gasteiger partial charge in [-0.25, -0.2) is 15.5 Å². The van der Waals surface area contributed by atoms with Crippen LogP contribution in [0.3, 0.4) is 0 Å². The first kappa shape index (κ1) is 23.1. The van der Waals surface area contributed by atoms with Crippen LogP contribution in [0.15, 0.2) is 5.16 Å². The third-order valence-corrected chi connectivity index (χ3v) is 1.98. The van der Waals surface area contributed by atoms with Gasteiger partial charge in [0.25, 0.3) is 0 Å². The molecule has 0 spiro atoms. The second kappa shape index (κ2) is 17.0. The molecule has 0 saturated carbocycles. The Labute approximate surface area is 125 Å². The van der Waals surface area contributed by atoms with Crippen LogP contribution < -0.4 is 5.90 Å². The standard InChI is InChI=1S/C4H6BrNO3.C3H3BrO3.CH5NO/c1-9-6-3(2-5)4(7)8;4-1-2(5)3(6)7;1-3-2/h2H2,1H3,(H,7,8);1H2,(H,6,7);2H2,1H3/b6-3-;;. The molecule has 11 heteroatoms. The van der Waals surface area contributed by atoms with Crippen molar-refractivity contribution in [1.29, 1.82) is 0 Å². The number of oxime groups is 1. The number of carbonyl (C=O) groups excluding carboxylic acids is 1. The number of hydrogen-bond acceptors (Lipinski definition) is 7. The predicted octanol–water partition coefficient (Wildman–Crippen LogP) is 0.00980. The van der Waals surface area contributed by atoms with E-state index in [9.17, 15) is 14.4 Å². The van der Waals surface area contributed by atoms with Crippen LogP contribution in [0.4, 0.5) is 0 Å². The Hall–Kier alpha value is -1.04. The molecule has 112 valence electrons. The monoisotopic (exact) mass is 408 g/mol. The number of ketones is 1. The summed E-state index contributed by atoms with van der Waals surface area (Å²) < 4.78 is 0. The van der Waals surface area contributed by atoms with Crippen LogP contribution in [-0.2, 0) is 24.1 Å². The fraction of sp³-hybridized carbons (Fsp3) is 0.500. The number of Topliss-reactive ketones (excluding diaryl/α,β-unsaturated/α-hetero) is 1. The van der Waals surface area contributed by atoms with Gasteiger partial charge in [-0.3, -0.25) is 4.79 Å². The first-order valence-corrected chi connectivity index (χ1v) is 6.50. The van der Waals surface area contributed by atoms with Crippen molar-refractivity contribution in [2.24, 2.45) is 11.1 Å². The average Bonchev–Trinajstić information content (AvgIpc) is 2.36. The van der Waals surface area contributed by atoms with Crippen molar-refractivity contribution >= 4 is 55.3 Å². The van der Waals surface area contributed by atoms with Gasteiger partial charge in [0, 0.05) is 0 Å². The number of hydrogen-bond donors (Lipinski definition) is 3. The summed E-state index contributed by atoms with van der Waals surface area (Å²) in [5.41, 5.74) is -0.0440. The van der Waals surface area contributed by atoms with Crippen molar-refractivity contribution in [3.8, 4) is 0 Å². The Kier molecular flexibility index (Phi) is 20.6. The lowest BCUT2D eigenvalue weighted by Crippen LogP contribution is -2.14. The van der Waals surface area contributed by atoms with Gasteiger partial charge >= 0.3 is 11.9 Å². The maximum atomic E-state index is 10.1. The van der Waals surface area contributed by atoms with Crippen molar-refractivity contribution in [1.82, 2.24) is 0 Å². The molecule has 19 heavy (non-hydrogen) atoms. The van der Waals surface area contributed by atoms with Crippen molar-refractivity contribution in [3.05, 3.63) is 0 Å². The molecule has 0 aliphatic rings. The molecule has 0 rings (SSSR count). The molecule has 0 aromatic rings. The highest BCUT2D eigenvalue weighted by atomic mass is 79.9. The summed E-state index contributed by atoms with van der Waals surface area (Å²) >= 11 is 5.61. The molecule has 0 atom stereocenters. The van der Waals surface area contributed by atoms with E-state index in [1.165, 1.54) is 14.2 Å². The van der Waals surface area contributed by atoms with Crippen LogP contribution >= 0.6 is 31.9 Å².